The van der Waals surface area contributed by atoms with Crippen molar-refractivity contribution in [2.24, 2.45) is 0 Å². The zero-order chi connectivity index (χ0) is 10.6. The summed E-state index contributed by atoms with van der Waals surface area (Å²) in [6.45, 7) is 0.358. The molecule has 1 aliphatic rings. The van der Waals surface area contributed by atoms with Crippen LogP contribution >= 0.6 is 0 Å². The Bertz CT molecular complexity index is 193. The van der Waals surface area contributed by atoms with Crippen LogP contribution in [0.3, 0.4) is 0 Å². The van der Waals surface area contributed by atoms with Crippen molar-refractivity contribution in [3.63, 3.8) is 0 Å². The van der Waals surface area contributed by atoms with E-state index in [1.807, 2.05) is 0 Å². The number of methoxy groups -OCH3 is 2. The molecule has 0 aromatic carbocycles. The zero-order valence-corrected chi connectivity index (χ0v) is 8.60. The summed E-state index contributed by atoms with van der Waals surface area (Å²) < 4.78 is 10.5. The van der Waals surface area contributed by atoms with Crippen molar-refractivity contribution < 1.29 is 19.4 Å². The highest BCUT2D eigenvalue weighted by molar-refractivity contribution is 5.48. The molecule has 5 nitrogen and oxygen atoms in total. The minimum absolute atomic E-state index is 0.0117. The van der Waals surface area contributed by atoms with Gasteiger partial charge in [-0.05, 0) is 6.42 Å². The highest BCUT2D eigenvalue weighted by atomic mass is 16.7. The van der Waals surface area contributed by atoms with Crippen molar-refractivity contribution in [3.05, 3.63) is 0 Å². The molecule has 0 aromatic heterocycles. The van der Waals surface area contributed by atoms with E-state index in [0.29, 0.717) is 19.4 Å². The molecular weight excluding hydrogens is 186 g/mol. The fourth-order valence-electron chi connectivity index (χ4n) is 1.77. The number of ether oxygens (including phenoxy) is 2. The molecule has 5 heteroatoms. The van der Waals surface area contributed by atoms with Crippen LogP contribution in [-0.4, -0.2) is 55.6 Å². The lowest BCUT2D eigenvalue weighted by molar-refractivity contribution is -0.237. The third-order valence-electron chi connectivity index (χ3n) is 2.84. The predicted octanol–water partition coefficient (Wildman–Crippen LogP) is -0.411. The molecule has 1 atom stereocenters. The maximum atomic E-state index is 10.8. The van der Waals surface area contributed by atoms with Gasteiger partial charge in [0.2, 0.25) is 6.41 Å². The van der Waals surface area contributed by atoms with Crippen molar-refractivity contribution in [2.75, 3.05) is 27.4 Å². The summed E-state index contributed by atoms with van der Waals surface area (Å²) in [5.74, 6) is -0.702. The van der Waals surface area contributed by atoms with Gasteiger partial charge in [0.25, 0.3) is 0 Å². The van der Waals surface area contributed by atoms with Crippen LogP contribution in [0, 0.1) is 0 Å². The molecule has 1 saturated heterocycles. The summed E-state index contributed by atoms with van der Waals surface area (Å²) in [6.07, 6.45) is 2.11. The molecule has 1 rings (SSSR count). The molecule has 1 heterocycles. The smallest absolute Gasteiger partial charge is 0.210 e. The number of hydrogen-bond donors (Lipinski definition) is 1. The van der Waals surface area contributed by atoms with Crippen molar-refractivity contribution in [2.45, 2.75) is 24.7 Å². The highest BCUT2D eigenvalue weighted by Crippen LogP contribution is 2.27. The first-order chi connectivity index (χ1) is 6.71. The Hall–Kier alpha value is -0.650. The molecule has 82 valence electrons. The second-order valence-corrected chi connectivity index (χ2v) is 3.47. The average Bonchev–Trinajstić information content (AvgIpc) is 2.28. The van der Waals surface area contributed by atoms with Crippen LogP contribution in [0.15, 0.2) is 0 Å². The summed E-state index contributed by atoms with van der Waals surface area (Å²) in [5.41, 5.74) is 0. The Kier molecular flexibility index (Phi) is 3.86. The molecule has 1 N–H and O–H groups in total. The molecule has 1 unspecified atom stereocenters. The Morgan fingerprint density at radius 3 is 2.64 bits per heavy atom. The summed E-state index contributed by atoms with van der Waals surface area (Å²) >= 11 is 0. The van der Waals surface area contributed by atoms with Crippen LogP contribution in [0.1, 0.15) is 12.8 Å². The summed E-state index contributed by atoms with van der Waals surface area (Å²) in [7, 11) is 3.12. The van der Waals surface area contributed by atoms with Crippen LogP contribution < -0.4 is 0 Å². The van der Waals surface area contributed by atoms with E-state index in [0.717, 1.165) is 6.41 Å². The Balaban J connectivity index is 2.68. The van der Waals surface area contributed by atoms with Crippen molar-refractivity contribution in [3.8, 4) is 0 Å². The second-order valence-electron chi connectivity index (χ2n) is 3.47. The normalized spacial score (nSPS) is 26.2. The van der Waals surface area contributed by atoms with Gasteiger partial charge in [-0.3, -0.25) is 4.79 Å². The molecule has 0 saturated carbocycles. The quantitative estimate of drug-likeness (QED) is 0.498. The minimum Gasteiger partial charge on any atom is -0.394 e. The number of rotatable bonds is 4. The molecule has 1 fully saturated rings. The monoisotopic (exact) mass is 203 g/mol. The van der Waals surface area contributed by atoms with E-state index in [4.69, 9.17) is 14.6 Å². The molecule has 0 spiro atoms. The number of amides is 1. The van der Waals surface area contributed by atoms with E-state index >= 15 is 0 Å². The van der Waals surface area contributed by atoms with Gasteiger partial charge in [0.15, 0.2) is 5.79 Å². The van der Waals surface area contributed by atoms with Crippen molar-refractivity contribution >= 4 is 6.41 Å². The predicted molar refractivity (Wildman–Crippen MR) is 49.6 cm³/mol. The number of hydrogen-bond acceptors (Lipinski definition) is 4. The molecule has 0 aromatic rings. The van der Waals surface area contributed by atoms with Crippen LogP contribution in [0.5, 0.6) is 0 Å². The molecule has 0 bridgehead atoms. The Labute approximate surface area is 83.6 Å². The van der Waals surface area contributed by atoms with E-state index in [9.17, 15) is 4.79 Å². The fraction of sp³-hybridized carbons (Fsp3) is 0.889. The number of piperidine rings is 1. The maximum Gasteiger partial charge on any atom is 0.210 e. The molecule has 14 heavy (non-hydrogen) atoms. The first kappa shape index (κ1) is 11.4. The first-order valence-corrected chi connectivity index (χ1v) is 4.63. The van der Waals surface area contributed by atoms with Crippen molar-refractivity contribution in [1.29, 1.82) is 0 Å². The molecule has 0 aliphatic carbocycles. The molecule has 1 amide bonds. The van der Waals surface area contributed by atoms with Gasteiger partial charge in [-0.15, -0.1) is 0 Å². The third kappa shape index (κ3) is 2.05. The zero-order valence-electron chi connectivity index (χ0n) is 8.60. The number of carbonyl (C=O) groups is 1. The standard InChI is InChI=1S/C9H17NO4/c1-13-9(14-2)4-3-8(5-11)10(6-9)7-12/h7-8,11H,3-6H2,1-2H3. The summed E-state index contributed by atoms with van der Waals surface area (Å²) in [6, 6.07) is -0.106. The second kappa shape index (κ2) is 4.72. The van der Waals surface area contributed by atoms with Gasteiger partial charge >= 0.3 is 0 Å². The molecule has 1 aliphatic heterocycles. The summed E-state index contributed by atoms with van der Waals surface area (Å²) in [4.78, 5) is 12.3. The van der Waals surface area contributed by atoms with Gasteiger partial charge in [0.1, 0.15) is 0 Å². The fourth-order valence-corrected chi connectivity index (χ4v) is 1.77. The van der Waals surface area contributed by atoms with Crippen LogP contribution in [0.25, 0.3) is 0 Å². The number of carbonyl (C=O) groups excluding carboxylic acids is 1. The highest BCUT2D eigenvalue weighted by Gasteiger charge is 2.39. The SMILES string of the molecule is COC1(OC)CCC(CO)N(C=O)C1. The number of aliphatic hydroxyl groups is 1. The van der Waals surface area contributed by atoms with Crippen molar-refractivity contribution in [1.82, 2.24) is 4.90 Å². The number of nitrogens with zero attached hydrogens (tertiary/aromatic N) is 1. The van der Waals surface area contributed by atoms with Crippen LogP contribution in [0.4, 0.5) is 0 Å². The van der Waals surface area contributed by atoms with E-state index in [1.54, 1.807) is 14.2 Å². The van der Waals surface area contributed by atoms with E-state index < -0.39 is 5.79 Å². The lowest BCUT2D eigenvalue weighted by Gasteiger charge is -2.42. The average molecular weight is 203 g/mol. The maximum absolute atomic E-state index is 10.8. The lowest BCUT2D eigenvalue weighted by atomic mass is 9.98. The van der Waals surface area contributed by atoms with Crippen LogP contribution in [0.2, 0.25) is 0 Å². The van der Waals surface area contributed by atoms with Gasteiger partial charge in [-0.2, -0.15) is 0 Å². The number of likely N-dealkylation sites (tertiary alicyclic amines) is 1. The Morgan fingerprint density at radius 2 is 2.21 bits per heavy atom. The van der Waals surface area contributed by atoms with Gasteiger partial charge in [-0.25, -0.2) is 0 Å². The number of aliphatic hydroxyl groups excluding tert-OH is 1. The third-order valence-corrected chi connectivity index (χ3v) is 2.84. The van der Waals surface area contributed by atoms with Gasteiger partial charge < -0.3 is 19.5 Å². The lowest BCUT2D eigenvalue weighted by Crippen LogP contribution is -2.55. The molecule has 0 radical (unpaired) electrons. The summed E-state index contributed by atoms with van der Waals surface area (Å²) in [5, 5.41) is 9.03. The Morgan fingerprint density at radius 1 is 1.57 bits per heavy atom. The first-order valence-electron chi connectivity index (χ1n) is 4.63. The van der Waals surface area contributed by atoms with Gasteiger partial charge in [-0.1, -0.05) is 0 Å². The topological polar surface area (TPSA) is 59.0 Å². The van der Waals surface area contributed by atoms with E-state index in [-0.39, 0.29) is 12.6 Å². The minimum atomic E-state index is -0.702. The van der Waals surface area contributed by atoms with Gasteiger partial charge in [0, 0.05) is 20.6 Å². The largest absolute Gasteiger partial charge is 0.394 e. The molecular formula is C9H17NO4. The van der Waals surface area contributed by atoms with Gasteiger partial charge in [0.05, 0.1) is 19.2 Å². The van der Waals surface area contributed by atoms with E-state index in [1.165, 1.54) is 4.90 Å². The van der Waals surface area contributed by atoms with E-state index in [2.05, 4.69) is 0 Å². The van der Waals surface area contributed by atoms with Crippen LogP contribution in [-0.2, 0) is 14.3 Å².